The number of benzene rings is 2. The van der Waals surface area contributed by atoms with E-state index in [0.717, 1.165) is 0 Å². The Kier molecular flexibility index (Phi) is 4.47. The average Bonchev–Trinajstić information content (AvgIpc) is 2.54. The molecular weight excluding hydrogens is 286 g/mol. The maximum atomic E-state index is 12.3. The Morgan fingerprint density at radius 3 is 2.36 bits per heavy atom. The van der Waals surface area contributed by atoms with Crippen LogP contribution in [0.15, 0.2) is 53.7 Å². The van der Waals surface area contributed by atoms with Crippen LogP contribution in [0.5, 0.6) is 0 Å². The van der Waals surface area contributed by atoms with Gasteiger partial charge < -0.3 is 10.5 Å². The number of amides is 1. The molecule has 0 aliphatic heterocycles. The van der Waals surface area contributed by atoms with Crippen LogP contribution in [0.1, 0.15) is 22.8 Å². The van der Waals surface area contributed by atoms with Gasteiger partial charge in [-0.15, -0.1) is 0 Å². The Bertz CT molecular complexity index is 756. The molecule has 0 aliphatic rings. The first-order valence-electron chi connectivity index (χ1n) is 6.37. The van der Waals surface area contributed by atoms with Crippen molar-refractivity contribution in [3.05, 3.63) is 69.8 Å². The molecule has 0 aliphatic carbocycles. The van der Waals surface area contributed by atoms with Gasteiger partial charge in [0.2, 0.25) is 0 Å². The summed E-state index contributed by atoms with van der Waals surface area (Å²) in [4.78, 5) is 22.6. The fraction of sp³-hybridized carbons (Fsp3) is 0.0667. The van der Waals surface area contributed by atoms with Crippen LogP contribution in [0.2, 0.25) is 0 Å². The number of carbonyl (C=O) groups excluding carboxylic acids is 1. The smallest absolute Gasteiger partial charge is 0.282 e. The summed E-state index contributed by atoms with van der Waals surface area (Å²) < 4.78 is 0. The standard InChI is InChI=1S/C15H13N3O4/c1-10(17-20)11-6-2-4-8-13(11)16-15(19)12-7-3-5-9-14(12)18(21)22/h2-9,20H,1H3,(H,16,19)/b17-10+. The van der Waals surface area contributed by atoms with Crippen LogP contribution < -0.4 is 5.32 Å². The predicted octanol–water partition coefficient (Wildman–Crippen LogP) is 3.05. The van der Waals surface area contributed by atoms with Crippen LogP contribution in [-0.4, -0.2) is 21.7 Å². The summed E-state index contributed by atoms with van der Waals surface area (Å²) in [6.07, 6.45) is 0. The highest BCUT2D eigenvalue weighted by Crippen LogP contribution is 2.21. The largest absolute Gasteiger partial charge is 0.411 e. The van der Waals surface area contributed by atoms with E-state index in [1.54, 1.807) is 37.3 Å². The van der Waals surface area contributed by atoms with Crippen molar-refractivity contribution >= 4 is 23.0 Å². The molecule has 0 heterocycles. The quantitative estimate of drug-likeness (QED) is 0.392. The number of rotatable bonds is 4. The molecule has 0 saturated carbocycles. The van der Waals surface area contributed by atoms with E-state index in [1.165, 1.54) is 18.2 Å². The van der Waals surface area contributed by atoms with E-state index in [2.05, 4.69) is 10.5 Å². The minimum absolute atomic E-state index is 0.0408. The molecule has 112 valence electrons. The van der Waals surface area contributed by atoms with Crippen molar-refractivity contribution in [1.29, 1.82) is 0 Å². The number of hydrogen-bond acceptors (Lipinski definition) is 5. The van der Waals surface area contributed by atoms with Gasteiger partial charge in [-0.2, -0.15) is 0 Å². The number of carbonyl (C=O) groups is 1. The first kappa shape index (κ1) is 15.2. The molecule has 0 bridgehead atoms. The third-order valence-electron chi connectivity index (χ3n) is 3.06. The van der Waals surface area contributed by atoms with Gasteiger partial charge in [-0.1, -0.05) is 35.5 Å². The van der Waals surface area contributed by atoms with Gasteiger partial charge in [0.1, 0.15) is 5.56 Å². The maximum absolute atomic E-state index is 12.3. The van der Waals surface area contributed by atoms with E-state index in [-0.39, 0.29) is 11.3 Å². The zero-order valence-corrected chi connectivity index (χ0v) is 11.7. The van der Waals surface area contributed by atoms with Crippen LogP contribution in [0, 0.1) is 10.1 Å². The van der Waals surface area contributed by atoms with Crippen molar-refractivity contribution in [2.24, 2.45) is 5.16 Å². The summed E-state index contributed by atoms with van der Waals surface area (Å²) in [6.45, 7) is 1.58. The topological polar surface area (TPSA) is 105 Å². The number of hydrogen-bond donors (Lipinski definition) is 2. The molecule has 0 radical (unpaired) electrons. The van der Waals surface area contributed by atoms with Crippen molar-refractivity contribution in [2.75, 3.05) is 5.32 Å². The van der Waals surface area contributed by atoms with Gasteiger partial charge in [-0.25, -0.2) is 0 Å². The fourth-order valence-electron chi connectivity index (χ4n) is 1.98. The van der Waals surface area contributed by atoms with Crippen LogP contribution in [0.25, 0.3) is 0 Å². The minimum atomic E-state index is -0.610. The van der Waals surface area contributed by atoms with E-state index in [1.807, 2.05) is 0 Å². The Labute approximate surface area is 126 Å². The predicted molar refractivity (Wildman–Crippen MR) is 81.5 cm³/mol. The van der Waals surface area contributed by atoms with E-state index >= 15 is 0 Å². The lowest BCUT2D eigenvalue weighted by Gasteiger charge is -2.10. The van der Waals surface area contributed by atoms with Gasteiger partial charge in [0.05, 0.1) is 16.3 Å². The van der Waals surface area contributed by atoms with Gasteiger partial charge in [-0.3, -0.25) is 14.9 Å². The highest BCUT2D eigenvalue weighted by Gasteiger charge is 2.20. The highest BCUT2D eigenvalue weighted by atomic mass is 16.6. The molecule has 0 aromatic heterocycles. The number of anilines is 1. The summed E-state index contributed by atoms with van der Waals surface area (Å²) in [6, 6.07) is 12.4. The molecule has 0 spiro atoms. The Hall–Kier alpha value is -3.22. The first-order chi connectivity index (χ1) is 10.5. The van der Waals surface area contributed by atoms with Gasteiger partial charge >= 0.3 is 0 Å². The number of para-hydroxylation sites is 2. The number of nitro groups is 1. The van der Waals surface area contributed by atoms with Crippen molar-refractivity contribution in [2.45, 2.75) is 6.92 Å². The Balaban J connectivity index is 2.37. The molecule has 7 heteroatoms. The summed E-state index contributed by atoms with van der Waals surface area (Å²) >= 11 is 0. The lowest BCUT2D eigenvalue weighted by Crippen LogP contribution is -2.16. The maximum Gasteiger partial charge on any atom is 0.282 e. The number of nitro benzene ring substituents is 1. The zero-order valence-electron chi connectivity index (χ0n) is 11.7. The van der Waals surface area contributed by atoms with Gasteiger partial charge in [0.25, 0.3) is 11.6 Å². The molecule has 0 unspecified atom stereocenters. The van der Waals surface area contributed by atoms with Crippen molar-refractivity contribution in [1.82, 2.24) is 0 Å². The molecule has 0 fully saturated rings. The summed E-state index contributed by atoms with van der Waals surface area (Å²) in [5.74, 6) is -0.606. The number of oxime groups is 1. The molecule has 7 nitrogen and oxygen atoms in total. The zero-order chi connectivity index (χ0) is 16.1. The molecule has 1 amide bonds. The van der Waals surface area contributed by atoms with E-state index in [4.69, 9.17) is 5.21 Å². The second kappa shape index (κ2) is 6.49. The van der Waals surface area contributed by atoms with E-state index < -0.39 is 10.8 Å². The molecule has 2 rings (SSSR count). The van der Waals surface area contributed by atoms with Crippen LogP contribution in [0.4, 0.5) is 11.4 Å². The molecule has 2 N–H and O–H groups in total. The first-order valence-corrected chi connectivity index (χ1v) is 6.37. The van der Waals surface area contributed by atoms with Crippen LogP contribution in [-0.2, 0) is 0 Å². The van der Waals surface area contributed by atoms with Crippen molar-refractivity contribution in [3.8, 4) is 0 Å². The summed E-state index contributed by atoms with van der Waals surface area (Å²) in [5, 5.41) is 25.5. The molecule has 0 saturated heterocycles. The summed E-state index contributed by atoms with van der Waals surface area (Å²) in [7, 11) is 0. The minimum Gasteiger partial charge on any atom is -0.411 e. The molecular formula is C15H13N3O4. The Morgan fingerprint density at radius 2 is 1.73 bits per heavy atom. The third-order valence-corrected chi connectivity index (χ3v) is 3.06. The molecule has 2 aromatic rings. The molecule has 2 aromatic carbocycles. The van der Waals surface area contributed by atoms with E-state index in [0.29, 0.717) is 17.0 Å². The van der Waals surface area contributed by atoms with Crippen molar-refractivity contribution < 1.29 is 14.9 Å². The lowest BCUT2D eigenvalue weighted by atomic mass is 10.1. The second-order valence-corrected chi connectivity index (χ2v) is 4.46. The lowest BCUT2D eigenvalue weighted by molar-refractivity contribution is -0.385. The summed E-state index contributed by atoms with van der Waals surface area (Å²) in [5.41, 5.74) is 0.933. The third kappa shape index (κ3) is 3.09. The average molecular weight is 299 g/mol. The van der Waals surface area contributed by atoms with Crippen LogP contribution >= 0.6 is 0 Å². The fourth-order valence-corrected chi connectivity index (χ4v) is 1.98. The number of nitrogens with zero attached hydrogens (tertiary/aromatic N) is 2. The van der Waals surface area contributed by atoms with Crippen molar-refractivity contribution in [3.63, 3.8) is 0 Å². The highest BCUT2D eigenvalue weighted by molar-refractivity contribution is 6.11. The van der Waals surface area contributed by atoms with Gasteiger partial charge in [-0.05, 0) is 19.1 Å². The van der Waals surface area contributed by atoms with E-state index in [9.17, 15) is 14.9 Å². The van der Waals surface area contributed by atoms with Gasteiger partial charge in [0.15, 0.2) is 0 Å². The Morgan fingerprint density at radius 1 is 1.14 bits per heavy atom. The molecule has 0 atom stereocenters. The molecule has 22 heavy (non-hydrogen) atoms. The normalized spacial score (nSPS) is 11.0. The second-order valence-electron chi connectivity index (χ2n) is 4.46. The monoisotopic (exact) mass is 299 g/mol. The number of nitrogens with one attached hydrogen (secondary N) is 1. The van der Waals surface area contributed by atoms with Crippen LogP contribution in [0.3, 0.4) is 0 Å². The van der Waals surface area contributed by atoms with Gasteiger partial charge in [0, 0.05) is 11.6 Å². The SMILES string of the molecule is C/C(=N\O)c1ccccc1NC(=O)c1ccccc1[N+](=O)[O-].